The number of nitrogens with zero attached hydrogens (tertiary/aromatic N) is 3. The van der Waals surface area contributed by atoms with Gasteiger partial charge in [0.15, 0.2) is 5.78 Å². The van der Waals surface area contributed by atoms with Gasteiger partial charge in [-0.1, -0.05) is 12.1 Å². The molecule has 162 valence electrons. The Bertz CT molecular complexity index is 1280. The Morgan fingerprint density at radius 3 is 2.59 bits per heavy atom. The van der Waals surface area contributed by atoms with Crippen LogP contribution in [0, 0.1) is 0 Å². The molecule has 0 bridgehead atoms. The lowest BCUT2D eigenvalue weighted by molar-refractivity contribution is -0.115. The molecule has 1 aromatic carbocycles. The number of methoxy groups -OCH3 is 1. The van der Waals surface area contributed by atoms with Gasteiger partial charge in [0.05, 0.1) is 19.0 Å². The molecular formula is C25H24N4O3. The number of anilines is 1. The van der Waals surface area contributed by atoms with E-state index in [4.69, 9.17) is 4.74 Å². The zero-order valence-electron chi connectivity index (χ0n) is 18.2. The van der Waals surface area contributed by atoms with Crippen LogP contribution in [0.25, 0.3) is 10.9 Å². The van der Waals surface area contributed by atoms with Crippen molar-refractivity contribution in [3.05, 3.63) is 83.9 Å². The normalized spacial score (nSPS) is 11.0. The third-order valence-corrected chi connectivity index (χ3v) is 5.25. The Balaban J connectivity index is 1.54. The van der Waals surface area contributed by atoms with Crippen LogP contribution in [-0.2, 0) is 11.2 Å². The number of benzene rings is 1. The Hall–Kier alpha value is -4.00. The predicted octanol–water partition coefficient (Wildman–Crippen LogP) is 4.43. The maximum Gasteiger partial charge on any atom is 0.229 e. The lowest BCUT2D eigenvalue weighted by atomic mass is 10.0. The summed E-state index contributed by atoms with van der Waals surface area (Å²) >= 11 is 0. The molecule has 0 unspecified atom stereocenters. The van der Waals surface area contributed by atoms with Crippen molar-refractivity contribution in [2.45, 2.75) is 26.3 Å². The number of hydrogen-bond acceptors (Lipinski definition) is 5. The molecule has 3 aromatic heterocycles. The van der Waals surface area contributed by atoms with Gasteiger partial charge in [-0.25, -0.2) is 4.98 Å². The molecule has 4 rings (SSSR count). The molecule has 0 radical (unpaired) electrons. The van der Waals surface area contributed by atoms with E-state index in [2.05, 4.69) is 33.7 Å². The van der Waals surface area contributed by atoms with Crippen molar-refractivity contribution >= 4 is 28.4 Å². The van der Waals surface area contributed by atoms with Crippen LogP contribution in [-0.4, -0.2) is 33.3 Å². The van der Waals surface area contributed by atoms with E-state index in [1.54, 1.807) is 31.6 Å². The summed E-state index contributed by atoms with van der Waals surface area (Å²) in [5, 5.41) is 3.57. The van der Waals surface area contributed by atoms with E-state index in [-0.39, 0.29) is 24.2 Å². The third kappa shape index (κ3) is 4.37. The topological polar surface area (TPSA) is 86.1 Å². The van der Waals surface area contributed by atoms with Crippen LogP contribution >= 0.6 is 0 Å². The van der Waals surface area contributed by atoms with Crippen LogP contribution < -0.4 is 10.1 Å². The lowest BCUT2D eigenvalue weighted by Crippen LogP contribution is -2.15. The fraction of sp³-hybridized carbons (Fsp3) is 0.200. The van der Waals surface area contributed by atoms with Crippen molar-refractivity contribution in [2.75, 3.05) is 12.4 Å². The van der Waals surface area contributed by atoms with E-state index in [1.807, 2.05) is 36.5 Å². The molecule has 4 aromatic rings. The van der Waals surface area contributed by atoms with Crippen molar-refractivity contribution in [1.82, 2.24) is 14.5 Å². The lowest BCUT2D eigenvalue weighted by Gasteiger charge is -2.08. The summed E-state index contributed by atoms with van der Waals surface area (Å²) in [4.78, 5) is 34.1. The van der Waals surface area contributed by atoms with Crippen LogP contribution in [0.2, 0.25) is 0 Å². The summed E-state index contributed by atoms with van der Waals surface area (Å²) < 4.78 is 7.19. The van der Waals surface area contributed by atoms with E-state index in [0.29, 0.717) is 16.9 Å². The summed E-state index contributed by atoms with van der Waals surface area (Å²) in [5.41, 5.74) is 2.83. The number of fused-ring (bicyclic) bond motifs is 1. The van der Waals surface area contributed by atoms with Gasteiger partial charge in [0.2, 0.25) is 5.91 Å². The molecule has 0 spiro atoms. The number of amides is 1. The van der Waals surface area contributed by atoms with Gasteiger partial charge in [-0.2, -0.15) is 0 Å². The minimum Gasteiger partial charge on any atom is -0.497 e. The molecule has 0 aliphatic carbocycles. The van der Waals surface area contributed by atoms with Crippen LogP contribution in [0.15, 0.2) is 67.3 Å². The number of rotatable bonds is 7. The fourth-order valence-corrected chi connectivity index (χ4v) is 3.62. The molecule has 0 fully saturated rings. The van der Waals surface area contributed by atoms with Crippen molar-refractivity contribution in [2.24, 2.45) is 0 Å². The molecule has 1 amide bonds. The second-order valence-electron chi connectivity index (χ2n) is 7.77. The van der Waals surface area contributed by atoms with Gasteiger partial charge in [0, 0.05) is 47.3 Å². The Labute approximate surface area is 186 Å². The highest BCUT2D eigenvalue weighted by Gasteiger charge is 2.19. The monoisotopic (exact) mass is 428 g/mol. The first kappa shape index (κ1) is 21.2. The molecule has 32 heavy (non-hydrogen) atoms. The first-order chi connectivity index (χ1) is 15.5. The molecule has 0 atom stereocenters. The molecule has 0 aliphatic heterocycles. The highest BCUT2D eigenvalue weighted by atomic mass is 16.5. The average molecular weight is 428 g/mol. The van der Waals surface area contributed by atoms with E-state index in [9.17, 15) is 9.59 Å². The second kappa shape index (κ2) is 9.01. The molecule has 1 N–H and O–H groups in total. The quantitative estimate of drug-likeness (QED) is 0.440. The van der Waals surface area contributed by atoms with E-state index >= 15 is 0 Å². The first-order valence-corrected chi connectivity index (χ1v) is 10.3. The maximum atomic E-state index is 13.3. The summed E-state index contributed by atoms with van der Waals surface area (Å²) in [6, 6.07) is 12.6. The number of nitrogens with one attached hydrogen (secondary N) is 1. The van der Waals surface area contributed by atoms with Crippen LogP contribution in [0.1, 0.15) is 41.4 Å². The number of carbonyl (C=O) groups excluding carboxylic acids is 2. The maximum absolute atomic E-state index is 13.3. The van der Waals surface area contributed by atoms with Crippen LogP contribution in [0.5, 0.6) is 5.75 Å². The van der Waals surface area contributed by atoms with E-state index in [1.165, 1.54) is 6.20 Å². The first-order valence-electron chi connectivity index (χ1n) is 10.3. The Kier molecular flexibility index (Phi) is 5.98. The van der Waals surface area contributed by atoms with E-state index in [0.717, 1.165) is 22.2 Å². The summed E-state index contributed by atoms with van der Waals surface area (Å²) in [5.74, 6) is 0.708. The summed E-state index contributed by atoms with van der Waals surface area (Å²) in [7, 11) is 1.60. The molecule has 3 heterocycles. The van der Waals surface area contributed by atoms with Crippen molar-refractivity contribution < 1.29 is 14.3 Å². The highest BCUT2D eigenvalue weighted by molar-refractivity contribution is 6.16. The van der Waals surface area contributed by atoms with Gasteiger partial charge >= 0.3 is 0 Å². The number of hydrogen-bond donors (Lipinski definition) is 1. The van der Waals surface area contributed by atoms with Crippen molar-refractivity contribution in [3.63, 3.8) is 0 Å². The molecule has 0 saturated carbocycles. The standard InChI is InChI=1S/C25H24N4O3/c1-16(2)29-15-21(20-14-26-10-9-22(20)29)25(31)18-8-11-27-23(13-18)28-24(30)12-17-4-6-19(32-3)7-5-17/h4-11,13-16H,12H2,1-3H3,(H,27,28,30). The van der Waals surface area contributed by atoms with Crippen molar-refractivity contribution in [1.29, 1.82) is 0 Å². The van der Waals surface area contributed by atoms with Gasteiger partial charge in [-0.05, 0) is 49.7 Å². The third-order valence-electron chi connectivity index (χ3n) is 5.25. The minimum absolute atomic E-state index is 0.143. The van der Waals surface area contributed by atoms with Crippen LogP contribution in [0.3, 0.4) is 0 Å². The zero-order chi connectivity index (χ0) is 22.7. The molecule has 0 saturated heterocycles. The van der Waals surface area contributed by atoms with Gasteiger partial charge in [-0.15, -0.1) is 0 Å². The smallest absolute Gasteiger partial charge is 0.229 e. The minimum atomic E-state index is -0.215. The molecule has 0 aliphatic rings. The number of ether oxygens (including phenoxy) is 1. The Morgan fingerprint density at radius 2 is 1.88 bits per heavy atom. The van der Waals surface area contributed by atoms with Gasteiger partial charge in [0.1, 0.15) is 11.6 Å². The second-order valence-corrected chi connectivity index (χ2v) is 7.77. The van der Waals surface area contributed by atoms with Crippen LogP contribution in [0.4, 0.5) is 5.82 Å². The SMILES string of the molecule is COc1ccc(CC(=O)Nc2cc(C(=O)c3cn(C(C)C)c4ccncc34)ccn2)cc1. The van der Waals surface area contributed by atoms with Crippen molar-refractivity contribution in [3.8, 4) is 5.75 Å². The van der Waals surface area contributed by atoms with Gasteiger partial charge < -0.3 is 14.6 Å². The fourth-order valence-electron chi connectivity index (χ4n) is 3.62. The van der Waals surface area contributed by atoms with Gasteiger partial charge in [0.25, 0.3) is 0 Å². The average Bonchev–Trinajstić information content (AvgIpc) is 3.19. The molecule has 7 heteroatoms. The number of ketones is 1. The zero-order valence-corrected chi connectivity index (χ0v) is 18.2. The highest BCUT2D eigenvalue weighted by Crippen LogP contribution is 2.26. The van der Waals surface area contributed by atoms with Gasteiger partial charge in [-0.3, -0.25) is 14.6 Å². The summed E-state index contributed by atoms with van der Waals surface area (Å²) in [6.45, 7) is 4.13. The largest absolute Gasteiger partial charge is 0.497 e. The molecule has 7 nitrogen and oxygen atoms in total. The summed E-state index contributed by atoms with van der Waals surface area (Å²) in [6.07, 6.45) is 7.01. The molecular weight excluding hydrogens is 404 g/mol. The van der Waals surface area contributed by atoms with E-state index < -0.39 is 0 Å². The number of aromatic nitrogens is 3. The Morgan fingerprint density at radius 1 is 1.09 bits per heavy atom. The number of pyridine rings is 2. The predicted molar refractivity (Wildman–Crippen MR) is 123 cm³/mol. The number of carbonyl (C=O) groups is 2.